The van der Waals surface area contributed by atoms with E-state index in [-0.39, 0.29) is 11.9 Å². The summed E-state index contributed by atoms with van der Waals surface area (Å²) in [5.74, 6) is 0.931. The number of esters is 1. The fourth-order valence-electron chi connectivity index (χ4n) is 5.85. The molecule has 0 aromatic rings. The molecule has 4 atom stereocenters. The number of fused-ring (bicyclic) bond motifs is 2. The Balaban J connectivity index is 1.65. The monoisotopic (exact) mass is 380 g/mol. The molecule has 0 aromatic carbocycles. The standard InChI is InChI=1S/C23H42NO3/c1-16(2)24(5,17(3)4)14-15-26-23(25)22-18-10-6-8-12-20(18)27-21-13-9-7-11-19(21)22/h16-22H,6-15H2,1-5H3/q+1. The molecule has 0 aromatic heterocycles. The highest BCUT2D eigenvalue weighted by Gasteiger charge is 2.50. The van der Waals surface area contributed by atoms with Crippen LogP contribution < -0.4 is 0 Å². The van der Waals surface area contributed by atoms with Crippen molar-refractivity contribution >= 4 is 5.97 Å². The van der Waals surface area contributed by atoms with E-state index in [1.54, 1.807) is 0 Å². The van der Waals surface area contributed by atoms with Crippen molar-refractivity contribution in [1.29, 1.82) is 0 Å². The van der Waals surface area contributed by atoms with Gasteiger partial charge >= 0.3 is 5.97 Å². The second-order valence-electron chi connectivity index (χ2n) is 10.1. The van der Waals surface area contributed by atoms with Crippen LogP contribution in [0.25, 0.3) is 0 Å². The summed E-state index contributed by atoms with van der Waals surface area (Å²) in [5.41, 5.74) is 0. The molecule has 4 unspecified atom stereocenters. The number of nitrogens with zero attached hydrogens (tertiary/aromatic N) is 1. The van der Waals surface area contributed by atoms with Crippen molar-refractivity contribution in [3.8, 4) is 0 Å². The van der Waals surface area contributed by atoms with Gasteiger partial charge in [0.15, 0.2) is 0 Å². The zero-order chi connectivity index (χ0) is 19.6. The Kier molecular flexibility index (Phi) is 6.89. The van der Waals surface area contributed by atoms with Crippen molar-refractivity contribution in [1.82, 2.24) is 0 Å². The highest BCUT2D eigenvalue weighted by atomic mass is 16.5. The van der Waals surface area contributed by atoms with E-state index in [1.807, 2.05) is 0 Å². The third-order valence-electron chi connectivity index (χ3n) is 8.23. The summed E-state index contributed by atoms with van der Waals surface area (Å²) in [6.45, 7) is 10.5. The lowest BCUT2D eigenvalue weighted by molar-refractivity contribution is -0.949. The minimum Gasteiger partial charge on any atom is -0.459 e. The van der Waals surface area contributed by atoms with Crippen LogP contribution in [0.4, 0.5) is 0 Å². The predicted octanol–water partition coefficient (Wildman–Crippen LogP) is 4.56. The van der Waals surface area contributed by atoms with Gasteiger partial charge in [0.05, 0.1) is 37.3 Å². The highest BCUT2D eigenvalue weighted by molar-refractivity contribution is 5.73. The van der Waals surface area contributed by atoms with E-state index >= 15 is 0 Å². The van der Waals surface area contributed by atoms with E-state index in [2.05, 4.69) is 34.7 Å². The molecule has 1 saturated heterocycles. The van der Waals surface area contributed by atoms with Crippen molar-refractivity contribution in [2.24, 2.45) is 17.8 Å². The zero-order valence-corrected chi connectivity index (χ0v) is 18.3. The molecule has 27 heavy (non-hydrogen) atoms. The van der Waals surface area contributed by atoms with Crippen LogP contribution in [0.3, 0.4) is 0 Å². The molecular weight excluding hydrogens is 338 g/mol. The maximum absolute atomic E-state index is 13.2. The molecule has 3 rings (SSSR count). The van der Waals surface area contributed by atoms with Crippen LogP contribution in [0, 0.1) is 17.8 Å². The third kappa shape index (κ3) is 4.37. The molecule has 156 valence electrons. The molecule has 0 radical (unpaired) electrons. The van der Waals surface area contributed by atoms with Crippen LogP contribution >= 0.6 is 0 Å². The number of hydrogen-bond acceptors (Lipinski definition) is 3. The van der Waals surface area contributed by atoms with Crippen LogP contribution in [-0.4, -0.2) is 54.9 Å². The van der Waals surface area contributed by atoms with Gasteiger partial charge in [-0.15, -0.1) is 0 Å². The smallest absolute Gasteiger partial charge is 0.309 e. The number of carbonyl (C=O) groups excluding carboxylic acids is 1. The lowest BCUT2D eigenvalue weighted by atomic mass is 9.65. The molecule has 2 aliphatic carbocycles. The lowest BCUT2D eigenvalue weighted by Gasteiger charge is -2.50. The van der Waals surface area contributed by atoms with Gasteiger partial charge < -0.3 is 14.0 Å². The van der Waals surface area contributed by atoms with Crippen molar-refractivity contribution in [3.05, 3.63) is 0 Å². The Morgan fingerprint density at radius 1 is 0.926 bits per heavy atom. The number of quaternary nitrogens is 1. The summed E-state index contributed by atoms with van der Waals surface area (Å²) in [6, 6.07) is 1.05. The Morgan fingerprint density at radius 3 is 1.89 bits per heavy atom. The summed E-state index contributed by atoms with van der Waals surface area (Å²) >= 11 is 0. The Bertz CT molecular complexity index is 474. The normalized spacial score (nSPS) is 34.3. The Hall–Kier alpha value is -0.610. The van der Waals surface area contributed by atoms with Crippen LogP contribution in [0.5, 0.6) is 0 Å². The summed E-state index contributed by atoms with van der Waals surface area (Å²) in [4.78, 5) is 13.2. The molecule has 1 aliphatic heterocycles. The van der Waals surface area contributed by atoms with Crippen LogP contribution in [0.2, 0.25) is 0 Å². The summed E-state index contributed by atoms with van der Waals surface area (Å²) in [5, 5.41) is 0. The van der Waals surface area contributed by atoms with E-state index in [4.69, 9.17) is 9.47 Å². The predicted molar refractivity (Wildman–Crippen MR) is 108 cm³/mol. The van der Waals surface area contributed by atoms with Gasteiger partial charge in [0.25, 0.3) is 0 Å². The SMILES string of the molecule is CC(C)[N+](C)(CCOC(=O)C1C2CCCCC2OC2CCCCC21)C(C)C. The van der Waals surface area contributed by atoms with Gasteiger partial charge in [-0.05, 0) is 65.2 Å². The number of hydrogen-bond donors (Lipinski definition) is 0. The molecular formula is C23H42NO3+. The van der Waals surface area contributed by atoms with Crippen molar-refractivity contribution in [2.45, 2.75) is 103 Å². The molecule has 0 N–H and O–H groups in total. The van der Waals surface area contributed by atoms with E-state index in [9.17, 15) is 4.79 Å². The largest absolute Gasteiger partial charge is 0.459 e. The van der Waals surface area contributed by atoms with Gasteiger partial charge in [0.1, 0.15) is 13.2 Å². The van der Waals surface area contributed by atoms with Crippen LogP contribution in [-0.2, 0) is 14.3 Å². The average molecular weight is 381 g/mol. The number of ether oxygens (including phenoxy) is 2. The minimum absolute atomic E-state index is 0.0752. The third-order valence-corrected chi connectivity index (χ3v) is 8.23. The van der Waals surface area contributed by atoms with Gasteiger partial charge in [-0.2, -0.15) is 0 Å². The first-order chi connectivity index (χ1) is 12.8. The average Bonchev–Trinajstić information content (AvgIpc) is 2.65. The first-order valence-electron chi connectivity index (χ1n) is 11.5. The fourth-order valence-corrected chi connectivity index (χ4v) is 5.85. The van der Waals surface area contributed by atoms with Gasteiger partial charge in [-0.1, -0.05) is 25.7 Å². The van der Waals surface area contributed by atoms with Gasteiger partial charge in [-0.3, -0.25) is 4.79 Å². The molecule has 0 bridgehead atoms. The maximum Gasteiger partial charge on any atom is 0.309 e. The molecule has 3 aliphatic rings. The van der Waals surface area contributed by atoms with Crippen LogP contribution in [0.1, 0.15) is 79.1 Å². The summed E-state index contributed by atoms with van der Waals surface area (Å²) in [7, 11) is 2.28. The topological polar surface area (TPSA) is 35.5 Å². The quantitative estimate of drug-likeness (QED) is 0.501. The first-order valence-corrected chi connectivity index (χ1v) is 11.5. The Morgan fingerprint density at radius 2 is 1.41 bits per heavy atom. The second kappa shape index (κ2) is 8.82. The molecule has 0 spiro atoms. The van der Waals surface area contributed by atoms with E-state index in [0.29, 0.717) is 42.7 Å². The molecule has 4 nitrogen and oxygen atoms in total. The van der Waals surface area contributed by atoms with Crippen molar-refractivity contribution < 1.29 is 18.8 Å². The minimum atomic E-state index is 0.0752. The molecule has 1 heterocycles. The molecule has 4 heteroatoms. The van der Waals surface area contributed by atoms with Crippen LogP contribution in [0.15, 0.2) is 0 Å². The zero-order valence-electron chi connectivity index (χ0n) is 18.3. The molecule has 2 saturated carbocycles. The van der Waals surface area contributed by atoms with E-state index in [0.717, 1.165) is 36.7 Å². The number of carbonyl (C=O) groups is 1. The van der Waals surface area contributed by atoms with Gasteiger partial charge in [0.2, 0.25) is 0 Å². The highest BCUT2D eigenvalue weighted by Crippen LogP contribution is 2.47. The Labute approximate surface area is 166 Å². The maximum atomic E-state index is 13.2. The van der Waals surface area contributed by atoms with E-state index in [1.165, 1.54) is 25.7 Å². The van der Waals surface area contributed by atoms with Crippen molar-refractivity contribution in [2.75, 3.05) is 20.2 Å². The number of rotatable bonds is 6. The van der Waals surface area contributed by atoms with Gasteiger partial charge in [0, 0.05) is 0 Å². The molecule has 3 fully saturated rings. The summed E-state index contributed by atoms with van der Waals surface area (Å²) < 4.78 is 13.4. The first kappa shape index (κ1) is 21.1. The van der Waals surface area contributed by atoms with Gasteiger partial charge in [-0.25, -0.2) is 0 Å². The van der Waals surface area contributed by atoms with Crippen molar-refractivity contribution in [3.63, 3.8) is 0 Å². The molecule has 0 amide bonds. The summed E-state index contributed by atoms with van der Waals surface area (Å²) in [6.07, 6.45) is 10.1. The van der Waals surface area contributed by atoms with E-state index < -0.39 is 0 Å². The number of likely N-dealkylation sites (N-methyl/N-ethyl adjacent to an activating group) is 1. The second-order valence-corrected chi connectivity index (χ2v) is 10.1. The lowest BCUT2D eigenvalue weighted by Crippen LogP contribution is -2.56. The fraction of sp³-hybridized carbons (Fsp3) is 0.957.